The van der Waals surface area contributed by atoms with E-state index in [4.69, 9.17) is 37.4 Å². The van der Waals surface area contributed by atoms with Gasteiger partial charge in [-0.25, -0.2) is 9.79 Å². The quantitative estimate of drug-likeness (QED) is 0.240. The maximum Gasteiger partial charge on any atom is 0.338 e. The Morgan fingerprint density at radius 3 is 2.56 bits per heavy atom. The topological polar surface area (TPSA) is 79.1 Å². The van der Waals surface area contributed by atoms with Gasteiger partial charge in [-0.2, -0.15) is 0 Å². The fourth-order valence-electron chi connectivity index (χ4n) is 4.58. The molecule has 1 aromatic heterocycles. The Balaban J connectivity index is 1.52. The lowest BCUT2D eigenvalue weighted by Gasteiger charge is -2.24. The Bertz CT molecular complexity index is 1830. The van der Waals surface area contributed by atoms with Crippen molar-refractivity contribution in [3.05, 3.63) is 124 Å². The number of hydrogen-bond acceptors (Lipinski definition) is 7. The molecular formula is C31H26Cl2N2O5S. The Morgan fingerprint density at radius 1 is 1.07 bits per heavy atom. The summed E-state index contributed by atoms with van der Waals surface area (Å²) in [5.41, 5.74) is 2.93. The summed E-state index contributed by atoms with van der Waals surface area (Å²) in [6.45, 7) is 3.96. The first-order chi connectivity index (χ1) is 19.8. The smallest absolute Gasteiger partial charge is 0.338 e. The van der Waals surface area contributed by atoms with Gasteiger partial charge in [0.25, 0.3) is 5.56 Å². The first-order valence-corrected chi connectivity index (χ1v) is 14.4. The number of rotatable bonds is 8. The summed E-state index contributed by atoms with van der Waals surface area (Å²) in [5, 5.41) is 1.06. The zero-order valence-electron chi connectivity index (χ0n) is 22.5. The predicted molar refractivity (Wildman–Crippen MR) is 161 cm³/mol. The summed E-state index contributed by atoms with van der Waals surface area (Å²) >= 11 is 13.5. The molecule has 1 atom stereocenters. The molecule has 0 amide bonds. The van der Waals surface area contributed by atoms with Crippen LogP contribution in [0.25, 0.3) is 6.08 Å². The third-order valence-electron chi connectivity index (χ3n) is 6.52. The van der Waals surface area contributed by atoms with Crippen LogP contribution in [-0.4, -0.2) is 24.3 Å². The zero-order chi connectivity index (χ0) is 29.1. The van der Waals surface area contributed by atoms with Gasteiger partial charge in [0.05, 0.1) is 35.6 Å². The van der Waals surface area contributed by atoms with Crippen LogP contribution in [0.2, 0.25) is 10.0 Å². The lowest BCUT2D eigenvalue weighted by Crippen LogP contribution is -2.39. The molecule has 0 bridgehead atoms. The van der Waals surface area contributed by atoms with E-state index in [1.165, 1.54) is 11.3 Å². The molecule has 41 heavy (non-hydrogen) atoms. The van der Waals surface area contributed by atoms with Crippen molar-refractivity contribution < 1.29 is 19.0 Å². The standard InChI is InChI=1S/C31H26Cl2N2O5S/c1-4-39-30(37)27-18(2)34-31-35(28(27)20-8-6-5-7-9-20)29(36)26(41-31)15-19-10-13-24(25(14-19)38-3)40-17-21-11-12-22(32)16-23(21)33/h5-16,28H,4,17H2,1-3H3/b26-15-. The molecule has 0 radical (unpaired) electrons. The maximum atomic E-state index is 13.8. The molecule has 0 N–H and O–H groups in total. The number of fused-ring (bicyclic) bond motifs is 1. The van der Waals surface area contributed by atoms with Gasteiger partial charge in [0.15, 0.2) is 16.3 Å². The fraction of sp³-hybridized carbons (Fsp3) is 0.194. The van der Waals surface area contributed by atoms with Gasteiger partial charge in [-0.05, 0) is 55.3 Å². The number of ether oxygens (including phenoxy) is 3. The average molecular weight is 610 g/mol. The lowest BCUT2D eigenvalue weighted by molar-refractivity contribution is -0.139. The number of halogens is 2. The van der Waals surface area contributed by atoms with Gasteiger partial charge in [0.1, 0.15) is 6.61 Å². The van der Waals surface area contributed by atoms with Crippen LogP contribution in [0, 0.1) is 0 Å². The van der Waals surface area contributed by atoms with Crippen LogP contribution in [0.4, 0.5) is 0 Å². The minimum Gasteiger partial charge on any atom is -0.493 e. The normalized spacial score (nSPS) is 14.9. The molecule has 3 aromatic carbocycles. The number of carbonyl (C=O) groups excluding carboxylic acids is 1. The molecule has 1 aliphatic heterocycles. The van der Waals surface area contributed by atoms with E-state index in [0.29, 0.717) is 42.1 Å². The minimum atomic E-state index is -0.654. The highest BCUT2D eigenvalue weighted by atomic mass is 35.5. The van der Waals surface area contributed by atoms with Crippen molar-refractivity contribution in [2.24, 2.45) is 4.99 Å². The molecule has 7 nitrogen and oxygen atoms in total. The maximum absolute atomic E-state index is 13.8. The number of methoxy groups -OCH3 is 1. The molecule has 5 rings (SSSR count). The van der Waals surface area contributed by atoms with Crippen LogP contribution in [0.5, 0.6) is 11.5 Å². The summed E-state index contributed by atoms with van der Waals surface area (Å²) in [5.74, 6) is 0.534. The van der Waals surface area contributed by atoms with E-state index in [9.17, 15) is 9.59 Å². The summed E-state index contributed by atoms with van der Waals surface area (Å²) in [6, 6.07) is 19.4. The monoisotopic (exact) mass is 608 g/mol. The van der Waals surface area contributed by atoms with E-state index in [-0.39, 0.29) is 18.8 Å². The van der Waals surface area contributed by atoms with Crippen LogP contribution in [0.15, 0.2) is 87.8 Å². The third kappa shape index (κ3) is 5.95. The number of carbonyl (C=O) groups is 1. The number of hydrogen-bond donors (Lipinski definition) is 0. The Morgan fingerprint density at radius 2 is 1.85 bits per heavy atom. The van der Waals surface area contributed by atoms with Crippen molar-refractivity contribution in [3.8, 4) is 11.5 Å². The molecule has 0 saturated carbocycles. The average Bonchev–Trinajstić information content (AvgIpc) is 3.26. The largest absolute Gasteiger partial charge is 0.493 e. The van der Waals surface area contributed by atoms with Gasteiger partial charge in [-0.15, -0.1) is 0 Å². The van der Waals surface area contributed by atoms with E-state index >= 15 is 0 Å². The van der Waals surface area contributed by atoms with Crippen LogP contribution >= 0.6 is 34.5 Å². The number of nitrogens with zero attached hydrogens (tertiary/aromatic N) is 2. The lowest BCUT2D eigenvalue weighted by atomic mass is 9.96. The second-order valence-electron chi connectivity index (χ2n) is 9.15. The number of esters is 1. The molecule has 210 valence electrons. The second kappa shape index (κ2) is 12.3. The molecule has 0 aliphatic carbocycles. The van der Waals surface area contributed by atoms with Crippen LogP contribution in [0.1, 0.15) is 36.6 Å². The van der Waals surface area contributed by atoms with E-state index in [1.807, 2.05) is 42.5 Å². The second-order valence-corrected chi connectivity index (χ2v) is 11.0. The molecule has 0 fully saturated rings. The first kappa shape index (κ1) is 28.7. The minimum absolute atomic E-state index is 0.218. The summed E-state index contributed by atoms with van der Waals surface area (Å²) in [6.07, 6.45) is 1.78. The first-order valence-electron chi connectivity index (χ1n) is 12.8. The van der Waals surface area contributed by atoms with Gasteiger partial charge in [-0.3, -0.25) is 9.36 Å². The number of thiazole rings is 1. The molecule has 1 unspecified atom stereocenters. The van der Waals surface area contributed by atoms with Crippen molar-refractivity contribution in [2.75, 3.05) is 13.7 Å². The van der Waals surface area contributed by atoms with E-state index in [1.54, 1.807) is 55.9 Å². The van der Waals surface area contributed by atoms with Crippen molar-refractivity contribution in [2.45, 2.75) is 26.5 Å². The highest BCUT2D eigenvalue weighted by Crippen LogP contribution is 2.32. The highest BCUT2D eigenvalue weighted by molar-refractivity contribution is 7.07. The van der Waals surface area contributed by atoms with Crippen LogP contribution in [-0.2, 0) is 16.1 Å². The van der Waals surface area contributed by atoms with Gasteiger partial charge >= 0.3 is 5.97 Å². The number of benzene rings is 3. The molecule has 2 heterocycles. The van der Waals surface area contributed by atoms with E-state index in [2.05, 4.69) is 4.99 Å². The van der Waals surface area contributed by atoms with E-state index in [0.717, 1.165) is 16.7 Å². The summed E-state index contributed by atoms with van der Waals surface area (Å²) in [4.78, 5) is 31.9. The van der Waals surface area contributed by atoms with Crippen molar-refractivity contribution in [3.63, 3.8) is 0 Å². The molecular weight excluding hydrogens is 583 g/mol. The van der Waals surface area contributed by atoms with Crippen molar-refractivity contribution >= 4 is 46.6 Å². The van der Waals surface area contributed by atoms with Gasteiger partial charge in [0, 0.05) is 15.6 Å². The molecule has 10 heteroatoms. The summed E-state index contributed by atoms with van der Waals surface area (Å²) in [7, 11) is 1.55. The van der Waals surface area contributed by atoms with E-state index < -0.39 is 12.0 Å². The molecule has 0 spiro atoms. The zero-order valence-corrected chi connectivity index (χ0v) is 24.8. The van der Waals surface area contributed by atoms with Gasteiger partial charge < -0.3 is 14.2 Å². The highest BCUT2D eigenvalue weighted by Gasteiger charge is 2.33. The van der Waals surface area contributed by atoms with Gasteiger partial charge in [0.2, 0.25) is 0 Å². The Kier molecular flexibility index (Phi) is 8.63. The van der Waals surface area contributed by atoms with Crippen molar-refractivity contribution in [1.82, 2.24) is 4.57 Å². The third-order valence-corrected chi connectivity index (χ3v) is 8.09. The van der Waals surface area contributed by atoms with Crippen LogP contribution < -0.4 is 24.4 Å². The molecule has 4 aromatic rings. The summed E-state index contributed by atoms with van der Waals surface area (Å²) < 4.78 is 18.9. The van der Waals surface area contributed by atoms with Crippen molar-refractivity contribution in [1.29, 1.82) is 0 Å². The SMILES string of the molecule is CCOC(=O)C1=C(C)N=c2s/c(=C\c3ccc(OCc4ccc(Cl)cc4Cl)c(OC)c3)c(=O)n2C1c1ccccc1. The Labute approximate surface area is 250 Å². The molecule has 1 aliphatic rings. The number of allylic oxidation sites excluding steroid dienone is 1. The Hall–Kier alpha value is -3.85. The van der Waals surface area contributed by atoms with Gasteiger partial charge in [-0.1, -0.05) is 77.0 Å². The number of aromatic nitrogens is 1. The predicted octanol–water partition coefficient (Wildman–Crippen LogP) is 5.69. The van der Waals surface area contributed by atoms with Crippen LogP contribution in [0.3, 0.4) is 0 Å². The fourth-order valence-corrected chi connectivity index (χ4v) is 6.09. The molecule has 0 saturated heterocycles.